The fourth-order valence-electron chi connectivity index (χ4n) is 4.66. The molecule has 0 heterocycles. The zero-order chi connectivity index (χ0) is 30.3. The maximum absolute atomic E-state index is 13.0. The molecule has 4 aromatic carbocycles. The Labute approximate surface area is 253 Å². The van der Waals surface area contributed by atoms with Gasteiger partial charge < -0.3 is 14.2 Å². The Balaban J connectivity index is 1.36. The minimum Gasteiger partial charge on any atom is -0.494 e. The first-order chi connectivity index (χ1) is 21.0. The van der Waals surface area contributed by atoms with E-state index in [1.807, 2.05) is 60.7 Å². The number of hydrogen-bond donors (Lipinski definition) is 0. The van der Waals surface area contributed by atoms with Gasteiger partial charge in [-0.1, -0.05) is 54.6 Å². The number of allylic oxidation sites excluding steroid dienone is 1. The number of halogens is 1. The molecular weight excluding hydrogens is 541 g/mol. The highest BCUT2D eigenvalue weighted by Crippen LogP contribution is 2.24. The quantitative estimate of drug-likeness (QED) is 0.105. The number of carbonyl (C=O) groups excluding carboxylic acids is 1. The summed E-state index contributed by atoms with van der Waals surface area (Å²) in [7, 11) is 1.38. The molecule has 4 rings (SSSR count). The monoisotopic (exact) mass is 577 g/mol. The van der Waals surface area contributed by atoms with Gasteiger partial charge in [0.2, 0.25) is 0 Å². The highest BCUT2D eigenvalue weighted by molar-refractivity contribution is 5.89. The van der Waals surface area contributed by atoms with E-state index >= 15 is 0 Å². The average molecular weight is 578 g/mol. The molecule has 0 fully saturated rings. The third-order valence-corrected chi connectivity index (χ3v) is 7.11. The lowest BCUT2D eigenvalue weighted by Gasteiger charge is -2.15. The molecule has 6 heteroatoms. The summed E-state index contributed by atoms with van der Waals surface area (Å²) < 4.78 is 29.6. The van der Waals surface area contributed by atoms with Crippen LogP contribution in [-0.2, 0) is 17.6 Å². The number of hydrogen-bond acceptors (Lipinski definition) is 5. The van der Waals surface area contributed by atoms with Crippen molar-refractivity contribution >= 4 is 12.0 Å². The number of carbonyl (C=O) groups is 1. The third-order valence-electron chi connectivity index (χ3n) is 7.11. The van der Waals surface area contributed by atoms with Crippen LogP contribution in [0.15, 0.2) is 103 Å². The summed E-state index contributed by atoms with van der Waals surface area (Å²) in [5.41, 5.74) is 4.52. The van der Waals surface area contributed by atoms with Crippen LogP contribution in [0, 0.1) is 23.1 Å². The Morgan fingerprint density at radius 3 is 2.23 bits per heavy atom. The van der Waals surface area contributed by atoms with Gasteiger partial charge in [0, 0.05) is 5.56 Å². The fourth-order valence-corrected chi connectivity index (χ4v) is 4.66. The average Bonchev–Trinajstić information content (AvgIpc) is 3.05. The molecular formula is C37H36FNO4. The van der Waals surface area contributed by atoms with E-state index in [0.717, 1.165) is 49.0 Å². The lowest BCUT2D eigenvalue weighted by molar-refractivity contribution is 0.0600. The molecule has 0 spiro atoms. The van der Waals surface area contributed by atoms with Gasteiger partial charge in [-0.25, -0.2) is 9.18 Å². The first-order valence-corrected chi connectivity index (χ1v) is 14.5. The largest absolute Gasteiger partial charge is 0.494 e. The van der Waals surface area contributed by atoms with Gasteiger partial charge in [0.05, 0.1) is 37.5 Å². The van der Waals surface area contributed by atoms with Crippen LogP contribution < -0.4 is 9.47 Å². The Hall–Kier alpha value is -4.89. The molecule has 220 valence electrons. The summed E-state index contributed by atoms with van der Waals surface area (Å²) in [6.07, 6.45) is 8.61. The summed E-state index contributed by atoms with van der Waals surface area (Å²) in [6, 6.07) is 31.5. The van der Waals surface area contributed by atoms with E-state index in [1.54, 1.807) is 24.3 Å². The first-order valence-electron chi connectivity index (χ1n) is 14.5. The number of aryl methyl sites for hydroxylation is 1. The van der Waals surface area contributed by atoms with Crippen molar-refractivity contribution < 1.29 is 23.4 Å². The maximum atomic E-state index is 13.0. The number of methoxy groups -OCH3 is 1. The molecule has 0 radical (unpaired) electrons. The molecule has 5 nitrogen and oxygen atoms in total. The highest BCUT2D eigenvalue weighted by atomic mass is 19.1. The molecule has 0 N–H and O–H groups in total. The zero-order valence-corrected chi connectivity index (χ0v) is 24.4. The number of ether oxygens (including phenoxy) is 3. The number of esters is 1. The number of para-hydroxylation sites is 1. The first kappa shape index (κ1) is 31.1. The van der Waals surface area contributed by atoms with Gasteiger partial charge in [-0.2, -0.15) is 5.26 Å². The smallest absolute Gasteiger partial charge is 0.337 e. The molecule has 0 aliphatic carbocycles. The zero-order valence-electron chi connectivity index (χ0n) is 24.4. The third kappa shape index (κ3) is 10.2. The minimum atomic E-state index is -0.340. The van der Waals surface area contributed by atoms with Crippen molar-refractivity contribution in [2.24, 2.45) is 5.92 Å². The van der Waals surface area contributed by atoms with E-state index in [1.165, 1.54) is 24.8 Å². The summed E-state index contributed by atoms with van der Waals surface area (Å²) in [6.45, 7) is 1.10. The predicted molar refractivity (Wildman–Crippen MR) is 167 cm³/mol. The Morgan fingerprint density at radius 2 is 1.53 bits per heavy atom. The molecule has 0 aliphatic rings. The maximum Gasteiger partial charge on any atom is 0.337 e. The topological polar surface area (TPSA) is 68.6 Å². The fraction of sp³-hybridized carbons (Fsp3) is 0.243. The van der Waals surface area contributed by atoms with Gasteiger partial charge >= 0.3 is 5.97 Å². The Kier molecular flexibility index (Phi) is 11.9. The van der Waals surface area contributed by atoms with Crippen molar-refractivity contribution in [2.45, 2.75) is 32.1 Å². The summed E-state index contributed by atoms with van der Waals surface area (Å²) >= 11 is 0. The molecule has 1 unspecified atom stereocenters. The molecule has 0 bridgehead atoms. The van der Waals surface area contributed by atoms with Gasteiger partial charge in [0.25, 0.3) is 0 Å². The number of rotatable bonds is 15. The molecule has 0 aliphatic heterocycles. The second kappa shape index (κ2) is 16.5. The molecule has 0 saturated carbocycles. The van der Waals surface area contributed by atoms with Gasteiger partial charge in [-0.15, -0.1) is 0 Å². The lowest BCUT2D eigenvalue weighted by Crippen LogP contribution is -2.05. The highest BCUT2D eigenvalue weighted by Gasteiger charge is 2.10. The molecule has 1 atom stereocenters. The van der Waals surface area contributed by atoms with E-state index < -0.39 is 0 Å². The van der Waals surface area contributed by atoms with E-state index in [9.17, 15) is 9.18 Å². The number of benzene rings is 4. The van der Waals surface area contributed by atoms with Crippen LogP contribution in [0.25, 0.3) is 6.08 Å². The molecule has 0 saturated heterocycles. The number of unbranched alkanes of at least 4 members (excludes halogenated alkanes) is 1. The van der Waals surface area contributed by atoms with Crippen LogP contribution in [-0.4, -0.2) is 26.3 Å². The number of nitrogens with zero attached hydrogens (tertiary/aromatic N) is 1. The van der Waals surface area contributed by atoms with Crippen LogP contribution >= 0.6 is 0 Å². The van der Waals surface area contributed by atoms with Gasteiger partial charge in [0.15, 0.2) is 0 Å². The van der Waals surface area contributed by atoms with Gasteiger partial charge in [0.1, 0.15) is 17.3 Å². The van der Waals surface area contributed by atoms with Gasteiger partial charge in [-0.05, 0) is 104 Å². The molecule has 4 aromatic rings. The van der Waals surface area contributed by atoms with Crippen LogP contribution in [0.3, 0.4) is 0 Å². The number of nitriles is 1. The predicted octanol–water partition coefficient (Wildman–Crippen LogP) is 8.23. The van der Waals surface area contributed by atoms with Crippen LogP contribution in [0.4, 0.5) is 4.39 Å². The van der Waals surface area contributed by atoms with E-state index in [4.69, 9.17) is 19.5 Å². The van der Waals surface area contributed by atoms with Crippen molar-refractivity contribution in [1.82, 2.24) is 0 Å². The van der Waals surface area contributed by atoms with Crippen LogP contribution in [0.5, 0.6) is 11.5 Å². The van der Waals surface area contributed by atoms with E-state index in [0.29, 0.717) is 30.1 Å². The molecule has 43 heavy (non-hydrogen) atoms. The van der Waals surface area contributed by atoms with Crippen molar-refractivity contribution in [3.8, 4) is 17.6 Å². The Bertz CT molecular complexity index is 1510. The van der Waals surface area contributed by atoms with Crippen molar-refractivity contribution in [3.63, 3.8) is 0 Å². The van der Waals surface area contributed by atoms with E-state index in [-0.39, 0.29) is 17.7 Å². The van der Waals surface area contributed by atoms with Crippen molar-refractivity contribution in [3.05, 3.63) is 137 Å². The lowest BCUT2D eigenvalue weighted by atomic mass is 9.91. The van der Waals surface area contributed by atoms with Crippen LogP contribution in [0.1, 0.15) is 51.9 Å². The summed E-state index contributed by atoms with van der Waals surface area (Å²) in [5, 5.41) is 9.17. The van der Waals surface area contributed by atoms with Crippen molar-refractivity contribution in [2.75, 3.05) is 20.3 Å². The minimum absolute atomic E-state index is 0.241. The second-order valence-electron chi connectivity index (χ2n) is 10.3. The standard InChI is InChI=1S/C37H36FNO4/c1-41-37(40)33-18-14-28(15-19-33)8-9-30(26-29-10-12-31(27-39)13-11-29)16-17-32-6-2-3-7-36(32)43-25-5-4-24-42-35-22-20-34(38)21-23-35/h2-3,6-7,10-23,30H,4-5,8-9,24-26H2,1H3. The second-order valence-corrected chi connectivity index (χ2v) is 10.3. The Morgan fingerprint density at radius 1 is 0.860 bits per heavy atom. The summed E-state index contributed by atoms with van der Waals surface area (Å²) in [5.74, 6) is 1.11. The van der Waals surface area contributed by atoms with E-state index in [2.05, 4.69) is 18.2 Å². The van der Waals surface area contributed by atoms with Crippen LogP contribution in [0.2, 0.25) is 0 Å². The van der Waals surface area contributed by atoms with Crippen molar-refractivity contribution in [1.29, 1.82) is 5.26 Å². The summed E-state index contributed by atoms with van der Waals surface area (Å²) in [4.78, 5) is 11.8. The normalized spacial score (nSPS) is 11.6. The van der Waals surface area contributed by atoms with Gasteiger partial charge in [-0.3, -0.25) is 0 Å². The molecule has 0 aromatic heterocycles. The molecule has 0 amide bonds. The SMILES string of the molecule is COC(=O)c1ccc(CCC(C=Cc2ccccc2OCCCCOc2ccc(F)cc2)Cc2ccc(C#N)cc2)cc1.